The number of carbonyl (C=O) groups is 1. The molecule has 0 amide bonds. The van der Waals surface area contributed by atoms with Gasteiger partial charge in [0.25, 0.3) is 0 Å². The quantitative estimate of drug-likeness (QED) is 0.245. The molecule has 22 heavy (non-hydrogen) atoms. The maximum atomic E-state index is 11.5. The number of thioether (sulfide) groups is 1. The molecule has 1 aromatic carbocycles. The Kier molecular flexibility index (Phi) is 7.71. The zero-order chi connectivity index (χ0) is 15.2. The molecule has 1 N–H and O–H groups in total. The average molecular weight is 536 g/mol. The summed E-state index contributed by atoms with van der Waals surface area (Å²) in [5.41, 5.74) is 8.33. The standard InChI is InChI=1S/C10H9N6O4S.Ac/c11-7-2-1-3-8(6-7)16-9(12-13-14-16)21-10(17)20-5-4-15(18)19;/h1-3,6,11H,4-5H2;/q-1;. The van der Waals surface area contributed by atoms with E-state index >= 15 is 0 Å². The Labute approximate surface area is 164 Å². The number of tetrazole rings is 1. The SMILES string of the molecule is [Ac].[NH-]c1cccc(-n2nnnc2SC(=O)OCC[N+](=O)[O-])c1. The van der Waals surface area contributed by atoms with Crippen molar-refractivity contribution in [1.82, 2.24) is 20.2 Å². The van der Waals surface area contributed by atoms with E-state index in [0.717, 1.165) is 0 Å². The first-order valence-corrected chi connectivity index (χ1v) is 6.45. The summed E-state index contributed by atoms with van der Waals surface area (Å²) in [6, 6.07) is 6.45. The van der Waals surface area contributed by atoms with Crippen molar-refractivity contribution in [3.63, 3.8) is 0 Å². The molecule has 0 saturated carbocycles. The fraction of sp³-hybridized carbons (Fsp3) is 0.200. The van der Waals surface area contributed by atoms with E-state index in [9.17, 15) is 14.9 Å². The second-order valence-electron chi connectivity index (χ2n) is 3.68. The molecule has 12 heteroatoms. The van der Waals surface area contributed by atoms with E-state index in [-0.39, 0.29) is 61.5 Å². The van der Waals surface area contributed by atoms with Crippen molar-refractivity contribution < 1.29 is 58.5 Å². The van der Waals surface area contributed by atoms with Gasteiger partial charge in [0.15, 0.2) is 6.61 Å². The smallest absolute Gasteiger partial charge is 0.375 e. The molecule has 0 fully saturated rings. The normalized spacial score (nSPS) is 9.82. The third kappa shape index (κ3) is 5.51. The van der Waals surface area contributed by atoms with Crippen molar-refractivity contribution in [2.24, 2.45) is 0 Å². The largest absolute Gasteiger partial charge is 0.699 e. The van der Waals surface area contributed by atoms with E-state index in [1.807, 2.05) is 0 Å². The molecule has 0 unspecified atom stereocenters. The molecular weight excluding hydrogens is 527 g/mol. The maximum absolute atomic E-state index is 11.5. The maximum Gasteiger partial charge on any atom is 0.375 e. The third-order valence-electron chi connectivity index (χ3n) is 2.20. The number of aromatic nitrogens is 4. The number of nitrogens with zero attached hydrogens (tertiary/aromatic N) is 5. The predicted molar refractivity (Wildman–Crippen MR) is 72.2 cm³/mol. The summed E-state index contributed by atoms with van der Waals surface area (Å²) in [7, 11) is 0. The minimum atomic E-state index is -0.741. The summed E-state index contributed by atoms with van der Waals surface area (Å²) in [4.78, 5) is 21.1. The van der Waals surface area contributed by atoms with Crippen molar-refractivity contribution in [1.29, 1.82) is 0 Å². The van der Waals surface area contributed by atoms with Gasteiger partial charge in [0.05, 0.1) is 5.69 Å². The minimum Gasteiger partial charge on any atom is -0.699 e. The van der Waals surface area contributed by atoms with Gasteiger partial charge in [-0.3, -0.25) is 10.1 Å². The molecule has 0 saturated heterocycles. The summed E-state index contributed by atoms with van der Waals surface area (Å²) in [6.45, 7) is -0.777. The first-order valence-electron chi connectivity index (χ1n) is 5.63. The molecule has 0 aliphatic heterocycles. The molecule has 1 aromatic heterocycles. The zero-order valence-corrected chi connectivity index (χ0v) is 16.6. The van der Waals surface area contributed by atoms with Crippen LogP contribution in [-0.4, -0.2) is 43.6 Å². The van der Waals surface area contributed by atoms with Crippen LogP contribution in [0, 0.1) is 54.2 Å². The number of hydrogen-bond acceptors (Lipinski definition) is 8. The molecule has 113 valence electrons. The zero-order valence-electron chi connectivity index (χ0n) is 11.1. The fourth-order valence-corrected chi connectivity index (χ4v) is 1.95. The number of benzene rings is 1. The van der Waals surface area contributed by atoms with Crippen LogP contribution in [0.1, 0.15) is 0 Å². The Morgan fingerprint density at radius 1 is 1.50 bits per heavy atom. The molecule has 0 spiro atoms. The van der Waals surface area contributed by atoms with Crippen molar-refractivity contribution in [3.8, 4) is 5.69 Å². The molecule has 10 nitrogen and oxygen atoms in total. The molecule has 2 rings (SSSR count). The fourth-order valence-electron chi connectivity index (χ4n) is 1.35. The van der Waals surface area contributed by atoms with Gasteiger partial charge in [-0.05, 0) is 16.5 Å². The molecule has 0 aliphatic carbocycles. The molecule has 0 atom stereocenters. The van der Waals surface area contributed by atoms with E-state index < -0.39 is 16.8 Å². The van der Waals surface area contributed by atoms with Crippen LogP contribution in [0.3, 0.4) is 0 Å². The van der Waals surface area contributed by atoms with Crippen LogP contribution in [0.5, 0.6) is 0 Å². The van der Waals surface area contributed by atoms with Gasteiger partial charge in [-0.15, -0.1) is 10.8 Å². The van der Waals surface area contributed by atoms with E-state index in [1.165, 1.54) is 10.7 Å². The van der Waals surface area contributed by atoms with Crippen LogP contribution >= 0.6 is 11.8 Å². The topological polar surface area (TPSA) is 137 Å². The van der Waals surface area contributed by atoms with Crippen molar-refractivity contribution in [2.75, 3.05) is 13.2 Å². The molecular formula is C10H9AcN6O4S-. The van der Waals surface area contributed by atoms with Gasteiger partial charge in [-0.1, -0.05) is 18.2 Å². The summed E-state index contributed by atoms with van der Waals surface area (Å²) in [6.07, 6.45) is 0. The monoisotopic (exact) mass is 536 g/mol. The Morgan fingerprint density at radius 3 is 2.95 bits per heavy atom. The Balaban J connectivity index is 0.00000242. The first kappa shape index (κ1) is 18.8. The summed E-state index contributed by atoms with van der Waals surface area (Å²) >= 11 is 0.611. The molecule has 1 heterocycles. The molecule has 0 aliphatic rings. The summed E-state index contributed by atoms with van der Waals surface area (Å²) in [5.74, 6) is 0. The van der Waals surface area contributed by atoms with Crippen molar-refractivity contribution in [2.45, 2.75) is 5.16 Å². The van der Waals surface area contributed by atoms with E-state index in [1.54, 1.807) is 18.2 Å². The third-order valence-corrected chi connectivity index (χ3v) is 2.92. The van der Waals surface area contributed by atoms with Crippen LogP contribution in [0.4, 0.5) is 10.5 Å². The van der Waals surface area contributed by atoms with Crippen LogP contribution in [0.25, 0.3) is 11.4 Å². The van der Waals surface area contributed by atoms with Gasteiger partial charge in [-0.25, -0.2) is 4.79 Å². The van der Waals surface area contributed by atoms with E-state index in [4.69, 9.17) is 5.73 Å². The Morgan fingerprint density at radius 2 is 2.27 bits per heavy atom. The van der Waals surface area contributed by atoms with Gasteiger partial charge in [0.2, 0.25) is 11.7 Å². The second-order valence-corrected chi connectivity index (χ2v) is 4.58. The van der Waals surface area contributed by atoms with Crippen LogP contribution < -0.4 is 0 Å². The predicted octanol–water partition coefficient (Wildman–Crippen LogP) is 1.85. The van der Waals surface area contributed by atoms with E-state index in [0.29, 0.717) is 17.4 Å². The van der Waals surface area contributed by atoms with Gasteiger partial charge < -0.3 is 10.5 Å². The van der Waals surface area contributed by atoms with Gasteiger partial charge in [0.1, 0.15) is 0 Å². The Bertz CT molecular complexity index is 666. The number of carbonyl (C=O) groups excluding carboxylic acids is 1. The Hall–Kier alpha value is -1.25. The van der Waals surface area contributed by atoms with E-state index in [2.05, 4.69) is 20.3 Å². The van der Waals surface area contributed by atoms with Crippen molar-refractivity contribution >= 4 is 22.8 Å². The van der Waals surface area contributed by atoms with Crippen LogP contribution in [-0.2, 0) is 4.74 Å². The number of ether oxygens (including phenoxy) is 1. The van der Waals surface area contributed by atoms with Crippen LogP contribution in [0.2, 0.25) is 0 Å². The average Bonchev–Trinajstić information content (AvgIpc) is 2.86. The number of nitro groups is 1. The minimum absolute atomic E-state index is 0. The number of hydrogen-bond donors (Lipinski definition) is 0. The van der Waals surface area contributed by atoms with Gasteiger partial charge in [0, 0.05) is 60.7 Å². The van der Waals surface area contributed by atoms with Gasteiger partial charge in [-0.2, -0.15) is 4.68 Å². The molecule has 0 bridgehead atoms. The van der Waals surface area contributed by atoms with Gasteiger partial charge >= 0.3 is 5.30 Å². The van der Waals surface area contributed by atoms with Crippen LogP contribution in [0.15, 0.2) is 29.4 Å². The second kappa shape index (κ2) is 9.02. The number of nitrogens with one attached hydrogen (secondary N) is 1. The molecule has 1 radical (unpaired) electrons. The first-order chi connectivity index (χ1) is 10.1. The summed E-state index contributed by atoms with van der Waals surface area (Å²) in [5, 5.41) is 20.4. The number of rotatable bonds is 5. The van der Waals surface area contributed by atoms with Crippen molar-refractivity contribution in [3.05, 3.63) is 40.1 Å². The molecule has 2 aromatic rings. The summed E-state index contributed by atoms with van der Waals surface area (Å²) < 4.78 is 5.95.